The van der Waals surface area contributed by atoms with E-state index in [9.17, 15) is 13.9 Å². The standard InChI is InChI=1S/C21H27NO5S2/c1-21(2,3)27-20(23)22-13-14-26-19-18(28-15-9-5-4-6-10-15)16-11-7-8-12-17(16)29(19,24)25/h4-12,18-19,24-25H,13-14H2,1-3H3,(H,22,23). The van der Waals surface area contributed by atoms with Gasteiger partial charge in [0, 0.05) is 11.4 Å². The summed E-state index contributed by atoms with van der Waals surface area (Å²) in [6, 6.07) is 17.1. The Morgan fingerprint density at radius 2 is 1.76 bits per heavy atom. The lowest BCUT2D eigenvalue weighted by Gasteiger charge is -2.36. The van der Waals surface area contributed by atoms with Crippen LogP contribution in [0.25, 0.3) is 0 Å². The third kappa shape index (κ3) is 5.46. The molecular weight excluding hydrogens is 410 g/mol. The Morgan fingerprint density at radius 3 is 2.45 bits per heavy atom. The molecule has 0 saturated carbocycles. The van der Waals surface area contributed by atoms with E-state index >= 15 is 0 Å². The molecule has 0 spiro atoms. The van der Waals surface area contributed by atoms with Crippen molar-refractivity contribution >= 4 is 28.4 Å². The van der Waals surface area contributed by atoms with E-state index in [-0.39, 0.29) is 18.4 Å². The van der Waals surface area contributed by atoms with E-state index < -0.39 is 27.7 Å². The number of nitrogens with one attached hydrogen (secondary N) is 1. The Bertz CT molecular complexity index is 838. The molecule has 6 nitrogen and oxygen atoms in total. The maximum atomic E-state index is 11.8. The van der Waals surface area contributed by atoms with E-state index in [0.29, 0.717) is 4.90 Å². The highest BCUT2D eigenvalue weighted by atomic mass is 32.3. The Kier molecular flexibility index (Phi) is 6.80. The smallest absolute Gasteiger partial charge is 0.407 e. The van der Waals surface area contributed by atoms with Crippen LogP contribution in [0.3, 0.4) is 0 Å². The largest absolute Gasteiger partial charge is 0.444 e. The van der Waals surface area contributed by atoms with Crippen LogP contribution >= 0.6 is 22.4 Å². The number of hydrogen-bond acceptors (Lipinski definition) is 6. The van der Waals surface area contributed by atoms with Gasteiger partial charge in [0.15, 0.2) is 5.44 Å². The van der Waals surface area contributed by atoms with Crippen LogP contribution in [-0.2, 0) is 9.47 Å². The van der Waals surface area contributed by atoms with Gasteiger partial charge in [-0.2, -0.15) is 0 Å². The number of carbonyl (C=O) groups excluding carboxylic acids is 1. The lowest BCUT2D eigenvalue weighted by molar-refractivity contribution is 0.0484. The second kappa shape index (κ2) is 8.97. The first-order valence-corrected chi connectivity index (χ1v) is 11.8. The van der Waals surface area contributed by atoms with Gasteiger partial charge in [-0.15, -0.1) is 22.4 Å². The molecule has 1 heterocycles. The minimum atomic E-state index is -3.13. The van der Waals surface area contributed by atoms with E-state index in [4.69, 9.17) is 9.47 Å². The molecule has 3 rings (SSSR count). The molecule has 0 aromatic heterocycles. The monoisotopic (exact) mass is 437 g/mol. The molecule has 1 amide bonds. The number of fused-ring (bicyclic) bond motifs is 1. The van der Waals surface area contributed by atoms with Crippen LogP contribution < -0.4 is 5.32 Å². The summed E-state index contributed by atoms with van der Waals surface area (Å²) in [5.41, 5.74) is -0.512. The fourth-order valence-electron chi connectivity index (χ4n) is 3.02. The van der Waals surface area contributed by atoms with E-state index in [1.807, 2.05) is 42.5 Å². The molecule has 2 aromatic carbocycles. The van der Waals surface area contributed by atoms with Gasteiger partial charge in [0.05, 0.1) is 16.8 Å². The maximum Gasteiger partial charge on any atom is 0.407 e. The molecular formula is C21H27NO5S2. The summed E-state index contributed by atoms with van der Waals surface area (Å²) in [4.78, 5) is 13.3. The van der Waals surface area contributed by atoms with Gasteiger partial charge in [0.25, 0.3) is 0 Å². The van der Waals surface area contributed by atoms with Crippen molar-refractivity contribution in [1.82, 2.24) is 5.32 Å². The van der Waals surface area contributed by atoms with E-state index in [1.54, 1.807) is 44.7 Å². The lowest BCUT2D eigenvalue weighted by atomic mass is 10.1. The molecule has 8 heteroatoms. The molecule has 1 aliphatic rings. The predicted octanol–water partition coefficient (Wildman–Crippen LogP) is 5.51. The number of carbonyl (C=O) groups is 1. The van der Waals surface area contributed by atoms with Crippen LogP contribution in [0.1, 0.15) is 31.6 Å². The quantitative estimate of drug-likeness (QED) is 0.517. The average molecular weight is 438 g/mol. The van der Waals surface area contributed by atoms with Crippen LogP contribution in [0.2, 0.25) is 0 Å². The van der Waals surface area contributed by atoms with E-state index in [2.05, 4.69) is 5.32 Å². The van der Waals surface area contributed by atoms with Crippen LogP contribution in [0.15, 0.2) is 64.4 Å². The first kappa shape index (κ1) is 22.0. The molecule has 2 atom stereocenters. The third-order valence-corrected chi connectivity index (χ3v) is 7.73. The molecule has 0 bridgehead atoms. The van der Waals surface area contributed by atoms with Gasteiger partial charge in [0.2, 0.25) is 0 Å². The van der Waals surface area contributed by atoms with Crippen molar-refractivity contribution in [2.45, 2.75) is 46.8 Å². The van der Waals surface area contributed by atoms with Crippen molar-refractivity contribution in [3.05, 3.63) is 60.2 Å². The fraction of sp³-hybridized carbons (Fsp3) is 0.381. The molecule has 1 aliphatic heterocycles. The highest BCUT2D eigenvalue weighted by Gasteiger charge is 2.46. The summed E-state index contributed by atoms with van der Waals surface area (Å²) < 4.78 is 32.9. The number of amides is 1. The number of thioether (sulfide) groups is 1. The van der Waals surface area contributed by atoms with Gasteiger partial charge in [-0.25, -0.2) is 4.79 Å². The van der Waals surface area contributed by atoms with E-state index in [0.717, 1.165) is 10.5 Å². The molecule has 158 valence electrons. The predicted molar refractivity (Wildman–Crippen MR) is 117 cm³/mol. The molecule has 0 aliphatic carbocycles. The van der Waals surface area contributed by atoms with Crippen molar-refractivity contribution < 1.29 is 23.4 Å². The minimum Gasteiger partial charge on any atom is -0.444 e. The molecule has 0 radical (unpaired) electrons. The van der Waals surface area contributed by atoms with Gasteiger partial charge >= 0.3 is 6.09 Å². The number of benzene rings is 2. The fourth-order valence-corrected chi connectivity index (χ4v) is 6.71. The van der Waals surface area contributed by atoms with Crippen molar-refractivity contribution in [1.29, 1.82) is 0 Å². The SMILES string of the molecule is CC(C)(C)OC(=O)NCCOC1C(Sc2ccccc2)c2ccccc2S1(O)O. The van der Waals surface area contributed by atoms with Gasteiger partial charge in [-0.1, -0.05) is 36.4 Å². The summed E-state index contributed by atoms with van der Waals surface area (Å²) in [5.74, 6) is 0. The van der Waals surface area contributed by atoms with Crippen LogP contribution in [0, 0.1) is 0 Å². The highest BCUT2D eigenvalue weighted by molar-refractivity contribution is 8.25. The van der Waals surface area contributed by atoms with Crippen LogP contribution in [-0.4, -0.2) is 39.4 Å². The molecule has 3 N–H and O–H groups in total. The Hall–Kier alpha value is -1.71. The summed E-state index contributed by atoms with van der Waals surface area (Å²) in [7, 11) is -3.13. The summed E-state index contributed by atoms with van der Waals surface area (Å²) in [6.07, 6.45) is -0.530. The van der Waals surface area contributed by atoms with Crippen molar-refractivity contribution in [3.8, 4) is 0 Å². The first-order valence-electron chi connectivity index (χ1n) is 9.35. The van der Waals surface area contributed by atoms with E-state index in [1.165, 1.54) is 0 Å². The average Bonchev–Trinajstić information content (AvgIpc) is 2.86. The zero-order valence-corrected chi connectivity index (χ0v) is 18.3. The Balaban J connectivity index is 1.69. The number of alkyl carbamates (subject to hydrolysis) is 1. The van der Waals surface area contributed by atoms with Crippen LogP contribution in [0.5, 0.6) is 0 Å². The second-order valence-corrected chi connectivity index (χ2v) is 11.0. The maximum absolute atomic E-state index is 11.8. The van der Waals surface area contributed by atoms with Gasteiger partial charge in [-0.3, -0.25) is 9.11 Å². The molecule has 0 fully saturated rings. The van der Waals surface area contributed by atoms with Crippen molar-refractivity contribution in [2.75, 3.05) is 13.2 Å². The molecule has 0 saturated heterocycles. The zero-order valence-electron chi connectivity index (χ0n) is 16.7. The normalized spacial score (nSPS) is 21.3. The second-order valence-electron chi connectivity index (χ2n) is 7.65. The highest BCUT2D eigenvalue weighted by Crippen LogP contribution is 2.67. The van der Waals surface area contributed by atoms with Crippen molar-refractivity contribution in [2.24, 2.45) is 0 Å². The van der Waals surface area contributed by atoms with Gasteiger partial charge in [0.1, 0.15) is 5.60 Å². The van der Waals surface area contributed by atoms with Gasteiger partial charge in [-0.05, 0) is 44.5 Å². The number of ether oxygens (including phenoxy) is 2. The lowest BCUT2D eigenvalue weighted by Crippen LogP contribution is -2.35. The Labute approximate surface area is 177 Å². The molecule has 29 heavy (non-hydrogen) atoms. The first-order chi connectivity index (χ1) is 13.7. The third-order valence-electron chi connectivity index (χ3n) is 4.18. The summed E-state index contributed by atoms with van der Waals surface area (Å²) in [5, 5.41) is 2.37. The number of hydrogen-bond donors (Lipinski definition) is 3. The zero-order chi connectivity index (χ0) is 21.1. The molecule has 2 unspecified atom stereocenters. The Morgan fingerprint density at radius 1 is 1.10 bits per heavy atom. The summed E-state index contributed by atoms with van der Waals surface area (Å²) >= 11 is 1.54. The number of rotatable bonds is 6. The van der Waals surface area contributed by atoms with Crippen LogP contribution in [0.4, 0.5) is 4.79 Å². The molecule has 2 aromatic rings. The topological polar surface area (TPSA) is 88.0 Å². The summed E-state index contributed by atoms with van der Waals surface area (Å²) in [6.45, 7) is 5.72. The van der Waals surface area contributed by atoms with Gasteiger partial charge < -0.3 is 14.8 Å². The minimum absolute atomic E-state index is 0.139. The van der Waals surface area contributed by atoms with Crippen molar-refractivity contribution in [3.63, 3.8) is 0 Å².